The molecule has 2 N–H and O–H groups in total. The average Bonchev–Trinajstić information content (AvgIpc) is 3.36. The third-order valence-electron chi connectivity index (χ3n) is 5.64. The van der Waals surface area contributed by atoms with E-state index in [0.29, 0.717) is 41.7 Å². The molecule has 0 spiro atoms. The molecule has 2 saturated heterocycles. The van der Waals surface area contributed by atoms with Gasteiger partial charge in [0, 0.05) is 43.0 Å². The maximum Gasteiger partial charge on any atom is 0.242 e. The van der Waals surface area contributed by atoms with Gasteiger partial charge in [0.25, 0.3) is 0 Å². The molecule has 0 unspecified atom stereocenters. The Bertz CT molecular complexity index is 917. The molecule has 2 amide bonds. The SMILES string of the molecule is CN([C@H]1CCCN(CC(=O)N2CCC[C@@H]2CN)C1=O)S(=O)(=O)/C=C/c1ccc(Cl)s1. The minimum atomic E-state index is -3.81. The summed E-state index contributed by atoms with van der Waals surface area (Å²) in [5.41, 5.74) is 5.74. The summed E-state index contributed by atoms with van der Waals surface area (Å²) >= 11 is 7.14. The fraction of sp³-hybridized carbons (Fsp3) is 0.579. The monoisotopic (exact) mass is 474 g/mol. The van der Waals surface area contributed by atoms with Crippen molar-refractivity contribution in [3.05, 3.63) is 26.8 Å². The molecule has 3 heterocycles. The number of likely N-dealkylation sites (tertiary alicyclic amines) is 2. The summed E-state index contributed by atoms with van der Waals surface area (Å²) in [6.45, 7) is 1.46. The molecular formula is C19H27ClN4O4S2. The highest BCUT2D eigenvalue weighted by Gasteiger charge is 2.38. The smallest absolute Gasteiger partial charge is 0.242 e. The van der Waals surface area contributed by atoms with Gasteiger partial charge in [0.05, 0.1) is 10.9 Å². The zero-order valence-corrected chi connectivity index (χ0v) is 19.3. The summed E-state index contributed by atoms with van der Waals surface area (Å²) < 4.78 is 27.1. The van der Waals surface area contributed by atoms with E-state index >= 15 is 0 Å². The summed E-state index contributed by atoms with van der Waals surface area (Å²) in [5, 5.41) is 1.09. The van der Waals surface area contributed by atoms with E-state index in [1.165, 1.54) is 29.4 Å². The van der Waals surface area contributed by atoms with E-state index in [1.807, 2.05) is 0 Å². The molecule has 2 atom stereocenters. The Morgan fingerprint density at radius 1 is 1.33 bits per heavy atom. The summed E-state index contributed by atoms with van der Waals surface area (Å²) in [4.78, 5) is 29.6. The Labute approximate surface area is 186 Å². The minimum Gasteiger partial charge on any atom is -0.337 e. The number of amides is 2. The molecule has 0 radical (unpaired) electrons. The number of hydrogen-bond acceptors (Lipinski definition) is 6. The van der Waals surface area contributed by atoms with Crippen LogP contribution in [-0.4, -0.2) is 79.6 Å². The lowest BCUT2D eigenvalue weighted by atomic mass is 10.0. The molecule has 30 heavy (non-hydrogen) atoms. The van der Waals surface area contributed by atoms with Crippen molar-refractivity contribution in [1.29, 1.82) is 0 Å². The average molecular weight is 475 g/mol. The van der Waals surface area contributed by atoms with Crippen molar-refractivity contribution >= 4 is 50.9 Å². The summed E-state index contributed by atoms with van der Waals surface area (Å²) in [6.07, 6.45) is 4.31. The van der Waals surface area contributed by atoms with Crippen molar-refractivity contribution in [3.63, 3.8) is 0 Å². The molecule has 0 aliphatic carbocycles. The van der Waals surface area contributed by atoms with Crippen LogP contribution >= 0.6 is 22.9 Å². The third kappa shape index (κ3) is 5.23. The second-order valence-electron chi connectivity index (χ2n) is 7.54. The van der Waals surface area contributed by atoms with E-state index in [0.717, 1.165) is 22.6 Å². The maximum atomic E-state index is 13.0. The van der Waals surface area contributed by atoms with Crippen molar-refractivity contribution < 1.29 is 18.0 Å². The largest absolute Gasteiger partial charge is 0.337 e. The molecule has 1 aromatic rings. The Hall–Kier alpha value is -1.46. The first kappa shape index (κ1) is 23.2. The third-order valence-corrected chi connectivity index (χ3v) is 8.37. The first-order valence-corrected chi connectivity index (χ1v) is 12.6. The van der Waals surface area contributed by atoms with Gasteiger partial charge in [-0.2, -0.15) is 4.31 Å². The Morgan fingerprint density at radius 2 is 2.07 bits per heavy atom. The highest BCUT2D eigenvalue weighted by atomic mass is 35.5. The molecule has 0 bridgehead atoms. The lowest BCUT2D eigenvalue weighted by Crippen LogP contribution is -2.55. The van der Waals surface area contributed by atoms with E-state index in [1.54, 1.807) is 17.0 Å². The lowest BCUT2D eigenvalue weighted by molar-refractivity contribution is -0.145. The molecule has 1 aromatic heterocycles. The number of thiophene rings is 1. The van der Waals surface area contributed by atoms with Crippen molar-refractivity contribution in [2.75, 3.05) is 33.2 Å². The van der Waals surface area contributed by atoms with Crippen LogP contribution in [0.4, 0.5) is 0 Å². The number of sulfonamides is 1. The van der Waals surface area contributed by atoms with Gasteiger partial charge < -0.3 is 15.5 Å². The molecule has 0 saturated carbocycles. The highest BCUT2D eigenvalue weighted by molar-refractivity contribution is 7.92. The molecule has 166 valence electrons. The van der Waals surface area contributed by atoms with Gasteiger partial charge in [0.15, 0.2) is 0 Å². The van der Waals surface area contributed by atoms with E-state index in [2.05, 4.69) is 0 Å². The quantitative estimate of drug-likeness (QED) is 0.646. The normalized spacial score (nSPS) is 23.1. The fourth-order valence-corrected chi connectivity index (χ4v) is 6.03. The fourth-order valence-electron chi connectivity index (χ4n) is 3.92. The number of likely N-dealkylation sites (N-methyl/N-ethyl adjacent to an activating group) is 1. The first-order valence-electron chi connectivity index (χ1n) is 9.92. The number of carbonyl (C=O) groups is 2. The Morgan fingerprint density at radius 3 is 2.73 bits per heavy atom. The van der Waals surface area contributed by atoms with E-state index in [9.17, 15) is 18.0 Å². The standard InChI is InChI=1S/C19H27ClN4O4S2/c1-22(30(27,28)11-8-15-6-7-17(20)29-15)16-5-3-9-23(19(16)26)13-18(25)24-10-2-4-14(24)12-21/h6-8,11,14,16H,2-5,9-10,12-13,21H2,1H3/b11-8+/t14-,16+/m1/s1. The molecule has 2 aliphatic rings. The van der Waals surface area contributed by atoms with Crippen LogP contribution in [0.5, 0.6) is 0 Å². The number of carbonyl (C=O) groups excluding carboxylic acids is 2. The van der Waals surface area contributed by atoms with Crippen LogP contribution in [0, 0.1) is 0 Å². The maximum absolute atomic E-state index is 13.0. The molecule has 2 fully saturated rings. The van der Waals surface area contributed by atoms with Crippen LogP contribution in [0.1, 0.15) is 30.6 Å². The van der Waals surface area contributed by atoms with Crippen molar-refractivity contribution in [1.82, 2.24) is 14.1 Å². The summed E-state index contributed by atoms with van der Waals surface area (Å²) in [7, 11) is -2.40. The first-order chi connectivity index (χ1) is 14.2. The molecule has 3 rings (SSSR count). The second-order valence-corrected chi connectivity index (χ2v) is 11.2. The van der Waals surface area contributed by atoms with Gasteiger partial charge in [0.2, 0.25) is 21.8 Å². The minimum absolute atomic E-state index is 0.0205. The van der Waals surface area contributed by atoms with Gasteiger partial charge in [-0.05, 0) is 43.9 Å². The van der Waals surface area contributed by atoms with Crippen LogP contribution in [0.15, 0.2) is 17.5 Å². The van der Waals surface area contributed by atoms with Gasteiger partial charge in [-0.3, -0.25) is 9.59 Å². The molecule has 0 aromatic carbocycles. The predicted molar refractivity (Wildman–Crippen MR) is 118 cm³/mol. The topological polar surface area (TPSA) is 104 Å². The van der Waals surface area contributed by atoms with Crippen LogP contribution in [0.25, 0.3) is 6.08 Å². The van der Waals surface area contributed by atoms with Gasteiger partial charge in [-0.1, -0.05) is 11.6 Å². The second kappa shape index (κ2) is 9.78. The summed E-state index contributed by atoms with van der Waals surface area (Å²) in [6, 6.07) is 2.62. The summed E-state index contributed by atoms with van der Waals surface area (Å²) in [5.74, 6) is -0.464. The van der Waals surface area contributed by atoms with Crippen molar-refractivity contribution in [2.45, 2.75) is 37.8 Å². The molecule has 11 heteroatoms. The number of piperidine rings is 1. The Balaban J connectivity index is 1.66. The zero-order chi connectivity index (χ0) is 21.9. The van der Waals surface area contributed by atoms with Gasteiger partial charge in [-0.25, -0.2) is 8.42 Å². The lowest BCUT2D eigenvalue weighted by Gasteiger charge is -2.36. The highest BCUT2D eigenvalue weighted by Crippen LogP contribution is 2.25. The molecular weight excluding hydrogens is 448 g/mol. The number of halogens is 1. The number of nitrogens with zero attached hydrogens (tertiary/aromatic N) is 3. The van der Waals surface area contributed by atoms with Gasteiger partial charge >= 0.3 is 0 Å². The Kier molecular flexibility index (Phi) is 7.56. The van der Waals surface area contributed by atoms with E-state index in [4.69, 9.17) is 17.3 Å². The predicted octanol–water partition coefficient (Wildman–Crippen LogP) is 1.57. The van der Waals surface area contributed by atoms with Crippen LogP contribution in [0.2, 0.25) is 4.34 Å². The van der Waals surface area contributed by atoms with E-state index < -0.39 is 16.1 Å². The molecule has 2 aliphatic heterocycles. The number of nitrogens with two attached hydrogens (primary N) is 1. The van der Waals surface area contributed by atoms with Crippen LogP contribution in [0.3, 0.4) is 0 Å². The van der Waals surface area contributed by atoms with Crippen molar-refractivity contribution in [3.8, 4) is 0 Å². The number of rotatable bonds is 7. The van der Waals surface area contributed by atoms with Crippen LogP contribution < -0.4 is 5.73 Å². The molecule has 8 nitrogen and oxygen atoms in total. The van der Waals surface area contributed by atoms with E-state index in [-0.39, 0.29) is 24.4 Å². The van der Waals surface area contributed by atoms with Crippen molar-refractivity contribution in [2.24, 2.45) is 5.73 Å². The van der Waals surface area contributed by atoms with Crippen LogP contribution in [-0.2, 0) is 19.6 Å². The number of hydrogen-bond donors (Lipinski definition) is 1. The zero-order valence-electron chi connectivity index (χ0n) is 16.9. The van der Waals surface area contributed by atoms with Gasteiger partial charge in [-0.15, -0.1) is 11.3 Å². The van der Waals surface area contributed by atoms with Gasteiger partial charge in [0.1, 0.15) is 6.04 Å².